The van der Waals surface area contributed by atoms with Crippen LogP contribution in [0, 0.1) is 0 Å². The Morgan fingerprint density at radius 2 is 1.96 bits per heavy atom. The van der Waals surface area contributed by atoms with Crippen molar-refractivity contribution in [3.63, 3.8) is 0 Å². The molecule has 0 aromatic heterocycles. The number of imide groups is 1. The molecule has 3 N–H and O–H groups in total. The zero-order chi connectivity index (χ0) is 18.3. The van der Waals surface area contributed by atoms with Crippen molar-refractivity contribution in [3.05, 3.63) is 23.8 Å². The molecule has 1 aromatic rings. The fraction of sp³-hybridized carbons (Fsp3) is 0.467. The van der Waals surface area contributed by atoms with Crippen molar-refractivity contribution in [1.82, 2.24) is 10.6 Å². The first-order chi connectivity index (χ1) is 11.3. The monoisotopic (exact) mass is 346 g/mol. The van der Waals surface area contributed by atoms with Crippen LogP contribution in [0.2, 0.25) is 0 Å². The number of amides is 3. The fourth-order valence-electron chi connectivity index (χ4n) is 2.00. The van der Waals surface area contributed by atoms with Crippen LogP contribution in [-0.4, -0.2) is 45.8 Å². The molecule has 0 aliphatic heterocycles. The van der Waals surface area contributed by atoms with Gasteiger partial charge in [0.25, 0.3) is 5.91 Å². The summed E-state index contributed by atoms with van der Waals surface area (Å²) < 4.78 is 34.0. The Bertz CT molecular complexity index is 584. The molecule has 1 unspecified atom stereocenters. The fourth-order valence-corrected chi connectivity index (χ4v) is 2.00. The molecule has 0 aliphatic carbocycles. The van der Waals surface area contributed by atoms with Gasteiger partial charge in [0.05, 0.1) is 14.2 Å². The lowest BCUT2D eigenvalue weighted by Gasteiger charge is -2.21. The third-order valence-electron chi connectivity index (χ3n) is 3.52. The maximum absolute atomic E-state index is 12.3. The molecule has 0 heterocycles. The first-order valence-corrected chi connectivity index (χ1v) is 7.25. The molecule has 134 valence electrons. The highest BCUT2D eigenvalue weighted by molar-refractivity contribution is 5.96. The molecule has 0 saturated carbocycles. The summed E-state index contributed by atoms with van der Waals surface area (Å²) in [7, 11) is 4.55. The zero-order valence-electron chi connectivity index (χ0n) is 14.0. The molecule has 1 rings (SSSR count). The topological polar surface area (TPSA) is 81.1 Å². The highest BCUT2D eigenvalue weighted by Crippen LogP contribution is 2.29. The summed E-state index contributed by atoms with van der Waals surface area (Å²) in [4.78, 5) is 23.9. The van der Waals surface area contributed by atoms with Crippen LogP contribution in [0.1, 0.15) is 12.5 Å². The van der Waals surface area contributed by atoms with Gasteiger partial charge in [-0.15, -0.1) is 0 Å². The Labute approximate surface area is 138 Å². The first-order valence-electron chi connectivity index (χ1n) is 7.25. The predicted octanol–water partition coefficient (Wildman–Crippen LogP) is 0.155. The maximum atomic E-state index is 12.3. The van der Waals surface area contributed by atoms with Crippen LogP contribution in [0.15, 0.2) is 18.2 Å². The van der Waals surface area contributed by atoms with E-state index in [1.165, 1.54) is 20.2 Å². The number of carbonyl (C=O) groups excluding carboxylic acids is 2. The van der Waals surface area contributed by atoms with E-state index in [1.807, 2.05) is 0 Å². The number of hydrogen-bond donors (Lipinski definition) is 3. The third kappa shape index (κ3) is 5.65. The Morgan fingerprint density at radius 3 is 2.50 bits per heavy atom. The Balaban J connectivity index is 2.77. The van der Waals surface area contributed by atoms with Crippen molar-refractivity contribution in [1.29, 1.82) is 0 Å². The summed E-state index contributed by atoms with van der Waals surface area (Å²) in [5.41, 5.74) is 0.769. The van der Waals surface area contributed by atoms with Crippen molar-refractivity contribution in [2.45, 2.75) is 26.1 Å². The number of likely N-dealkylation sites (N-methyl/N-ethyl adjacent to an activating group) is 1. The molecule has 0 aliphatic rings. The predicted molar refractivity (Wildman–Crippen MR) is 82.3 cm³/mol. The highest BCUT2D eigenvalue weighted by atomic mass is 19.3. The lowest BCUT2D eigenvalue weighted by atomic mass is 10.1. The molecule has 7 nitrogen and oxygen atoms in total. The smallest absolute Gasteiger partial charge is 0.387 e. The second-order valence-electron chi connectivity index (χ2n) is 5.18. The molecule has 24 heavy (non-hydrogen) atoms. The lowest BCUT2D eigenvalue weighted by molar-refractivity contribution is -0.908. The van der Waals surface area contributed by atoms with Gasteiger partial charge in [-0.1, -0.05) is 0 Å². The van der Waals surface area contributed by atoms with Gasteiger partial charge in [0.2, 0.25) is 0 Å². The number of hydrogen-bond acceptors (Lipinski definition) is 4. The van der Waals surface area contributed by atoms with Gasteiger partial charge in [0.15, 0.2) is 17.5 Å². The van der Waals surface area contributed by atoms with Crippen LogP contribution >= 0.6 is 0 Å². The van der Waals surface area contributed by atoms with E-state index in [1.54, 1.807) is 26.1 Å². The number of carbonyl (C=O) groups is 2. The van der Waals surface area contributed by atoms with Gasteiger partial charge in [-0.05, 0) is 25.1 Å². The van der Waals surface area contributed by atoms with Crippen LogP contribution in [0.3, 0.4) is 0 Å². The number of alkyl halides is 2. The zero-order valence-corrected chi connectivity index (χ0v) is 14.0. The Hall–Kier alpha value is -2.42. The normalized spacial score (nSPS) is 13.1. The highest BCUT2D eigenvalue weighted by Gasteiger charge is 2.24. The van der Waals surface area contributed by atoms with Crippen molar-refractivity contribution in [3.8, 4) is 11.5 Å². The van der Waals surface area contributed by atoms with E-state index < -0.39 is 24.6 Å². The largest absolute Gasteiger partial charge is 0.493 e. The number of rotatable bonds is 7. The summed E-state index contributed by atoms with van der Waals surface area (Å²) >= 11 is 0. The number of ether oxygens (including phenoxy) is 2. The average molecular weight is 346 g/mol. The second kappa shape index (κ2) is 9.02. The van der Waals surface area contributed by atoms with Crippen molar-refractivity contribution >= 4 is 11.9 Å². The van der Waals surface area contributed by atoms with Crippen LogP contribution < -0.4 is 25.0 Å². The third-order valence-corrected chi connectivity index (χ3v) is 3.52. The summed E-state index contributed by atoms with van der Waals surface area (Å²) in [5.74, 6) is -0.293. The van der Waals surface area contributed by atoms with E-state index in [9.17, 15) is 18.4 Å². The Morgan fingerprint density at radius 1 is 1.29 bits per heavy atom. The van der Waals surface area contributed by atoms with Crippen LogP contribution in [0.25, 0.3) is 0 Å². The molecular weight excluding hydrogens is 324 g/mol. The van der Waals surface area contributed by atoms with Crippen molar-refractivity contribution in [2.24, 2.45) is 0 Å². The molecule has 0 saturated heterocycles. The van der Waals surface area contributed by atoms with E-state index in [-0.39, 0.29) is 11.5 Å². The molecule has 1 aromatic carbocycles. The van der Waals surface area contributed by atoms with Crippen LogP contribution in [0.4, 0.5) is 13.6 Å². The van der Waals surface area contributed by atoms with Gasteiger partial charge in [-0.3, -0.25) is 10.1 Å². The maximum Gasteiger partial charge on any atom is 0.387 e. The van der Waals surface area contributed by atoms with E-state index in [0.717, 1.165) is 10.5 Å². The standard InChI is InChI=1S/C15H21F2N3O4/c1-9(13(21)19-15(22)18-2)20(3)8-10-5-6-11(24-14(16)17)12(7-10)23-4/h5-7,9,14H,8H2,1-4H3,(H2,18,19,21,22)/p+1/t9-/m0/s1. The van der Waals surface area contributed by atoms with Gasteiger partial charge in [0, 0.05) is 12.6 Å². The molecule has 9 heteroatoms. The number of nitrogens with one attached hydrogen (secondary N) is 3. The van der Waals surface area contributed by atoms with E-state index in [4.69, 9.17) is 4.74 Å². The van der Waals surface area contributed by atoms with Gasteiger partial charge in [0.1, 0.15) is 6.54 Å². The second-order valence-corrected chi connectivity index (χ2v) is 5.18. The molecule has 3 amide bonds. The van der Waals surface area contributed by atoms with Crippen molar-refractivity contribution in [2.75, 3.05) is 21.2 Å². The molecular formula is C15H22F2N3O4+. The summed E-state index contributed by atoms with van der Waals surface area (Å²) in [6.45, 7) is -0.835. The van der Waals surface area contributed by atoms with E-state index in [2.05, 4.69) is 15.4 Å². The summed E-state index contributed by atoms with van der Waals surface area (Å²) in [5, 5.41) is 4.52. The molecule has 0 spiro atoms. The minimum atomic E-state index is -2.94. The van der Waals surface area contributed by atoms with Gasteiger partial charge in [-0.2, -0.15) is 8.78 Å². The number of quaternary nitrogens is 1. The summed E-state index contributed by atoms with van der Waals surface area (Å²) in [6, 6.07) is 3.51. The van der Waals surface area contributed by atoms with Gasteiger partial charge < -0.3 is 19.7 Å². The number of halogens is 2. The van der Waals surface area contributed by atoms with Crippen LogP contribution in [-0.2, 0) is 11.3 Å². The van der Waals surface area contributed by atoms with E-state index >= 15 is 0 Å². The molecule has 0 fully saturated rings. The number of methoxy groups -OCH3 is 1. The minimum Gasteiger partial charge on any atom is -0.493 e. The SMILES string of the molecule is CNC(=O)NC(=O)[C@H](C)[NH+](C)Cc1ccc(OC(F)F)c(OC)c1. The number of benzene rings is 1. The first kappa shape index (κ1) is 19.6. The minimum absolute atomic E-state index is 0.0562. The average Bonchev–Trinajstić information content (AvgIpc) is 2.54. The van der Waals surface area contributed by atoms with Gasteiger partial charge in [-0.25, -0.2) is 4.79 Å². The van der Waals surface area contributed by atoms with Crippen LogP contribution in [0.5, 0.6) is 11.5 Å². The molecule has 2 atom stereocenters. The summed E-state index contributed by atoms with van der Waals surface area (Å²) in [6.07, 6.45) is 0. The molecule has 0 bridgehead atoms. The van der Waals surface area contributed by atoms with Crippen molar-refractivity contribution < 1.29 is 32.7 Å². The molecule has 0 radical (unpaired) electrons. The van der Waals surface area contributed by atoms with Gasteiger partial charge >= 0.3 is 12.6 Å². The van der Waals surface area contributed by atoms with E-state index in [0.29, 0.717) is 6.54 Å². The quantitative estimate of drug-likeness (QED) is 0.657. The number of urea groups is 1. The lowest BCUT2D eigenvalue weighted by Crippen LogP contribution is -3.12. The Kier molecular flexibility index (Phi) is 7.37.